The first-order valence-corrected chi connectivity index (χ1v) is 9.54. The Hall–Kier alpha value is -4.00. The van der Waals surface area contributed by atoms with Crippen molar-refractivity contribution in [3.63, 3.8) is 0 Å². The number of hydrogen-bond donors (Lipinski definition) is 1. The first-order chi connectivity index (χ1) is 14.7. The number of aromatic nitrogens is 3. The van der Waals surface area contributed by atoms with Gasteiger partial charge in [-0.05, 0) is 43.3 Å². The Morgan fingerprint density at radius 3 is 2.70 bits per heavy atom. The molecule has 150 valence electrons. The fourth-order valence-electron chi connectivity index (χ4n) is 2.79. The molecule has 2 aromatic heterocycles. The lowest BCUT2D eigenvalue weighted by molar-refractivity contribution is -0.116. The number of nitrogens with one attached hydrogen (secondary N) is 1. The molecular weight excluding hydrogens is 380 g/mol. The molecule has 0 radical (unpaired) electrons. The smallest absolute Gasteiger partial charge is 0.227 e. The van der Waals surface area contributed by atoms with E-state index in [-0.39, 0.29) is 12.3 Å². The zero-order chi connectivity index (χ0) is 20.8. The highest BCUT2D eigenvalue weighted by Crippen LogP contribution is 2.29. The van der Waals surface area contributed by atoms with E-state index in [1.54, 1.807) is 24.5 Å². The first-order valence-electron chi connectivity index (χ1n) is 9.54. The summed E-state index contributed by atoms with van der Waals surface area (Å²) in [7, 11) is 0. The maximum absolute atomic E-state index is 12.4. The number of carbonyl (C=O) groups is 1. The van der Waals surface area contributed by atoms with E-state index in [1.165, 1.54) is 0 Å². The van der Waals surface area contributed by atoms with Gasteiger partial charge in [0.1, 0.15) is 5.75 Å². The fraction of sp³-hybridized carbons (Fsp3) is 0.130. The van der Waals surface area contributed by atoms with E-state index in [9.17, 15) is 4.79 Å². The van der Waals surface area contributed by atoms with Crippen LogP contribution in [0.5, 0.6) is 11.5 Å². The molecule has 0 unspecified atom stereocenters. The lowest BCUT2D eigenvalue weighted by atomic mass is 10.2. The van der Waals surface area contributed by atoms with Crippen molar-refractivity contribution < 1.29 is 14.1 Å². The number of anilines is 1. The monoisotopic (exact) mass is 400 g/mol. The molecule has 0 spiro atoms. The first kappa shape index (κ1) is 19.3. The quantitative estimate of drug-likeness (QED) is 0.479. The summed E-state index contributed by atoms with van der Waals surface area (Å²) in [5.74, 6) is 1.96. The van der Waals surface area contributed by atoms with E-state index >= 15 is 0 Å². The van der Waals surface area contributed by atoms with Gasteiger partial charge in [0.25, 0.3) is 0 Å². The zero-order valence-electron chi connectivity index (χ0n) is 16.4. The predicted molar refractivity (Wildman–Crippen MR) is 112 cm³/mol. The molecule has 2 aromatic carbocycles. The van der Waals surface area contributed by atoms with Gasteiger partial charge in [-0.2, -0.15) is 4.98 Å². The number of nitrogens with zero attached hydrogens (tertiary/aromatic N) is 3. The van der Waals surface area contributed by atoms with Crippen LogP contribution in [-0.4, -0.2) is 21.0 Å². The van der Waals surface area contributed by atoms with E-state index in [0.29, 0.717) is 35.3 Å². The van der Waals surface area contributed by atoms with Gasteiger partial charge < -0.3 is 14.6 Å². The standard InChI is InChI=1S/C23H20N4O3/c1-16-8-10-18(11-9-16)29-20-7-3-2-6-19(20)25-21(28)12-13-22-26-23(27-30-22)17-5-4-14-24-15-17/h2-11,14-15H,12-13H2,1H3,(H,25,28). The molecule has 30 heavy (non-hydrogen) atoms. The van der Waals surface area contributed by atoms with E-state index in [1.807, 2.05) is 55.5 Å². The van der Waals surface area contributed by atoms with Gasteiger partial charge in [0.05, 0.1) is 5.69 Å². The summed E-state index contributed by atoms with van der Waals surface area (Å²) in [5.41, 5.74) is 2.51. The Labute approximate surface area is 173 Å². The minimum absolute atomic E-state index is 0.170. The van der Waals surface area contributed by atoms with E-state index < -0.39 is 0 Å². The van der Waals surface area contributed by atoms with Gasteiger partial charge in [-0.25, -0.2) is 0 Å². The molecule has 1 N–H and O–H groups in total. The van der Waals surface area contributed by atoms with Crippen LogP contribution in [0.15, 0.2) is 77.6 Å². The lowest BCUT2D eigenvalue weighted by Crippen LogP contribution is -2.13. The summed E-state index contributed by atoms with van der Waals surface area (Å²) in [6.07, 6.45) is 3.87. The summed E-state index contributed by atoms with van der Waals surface area (Å²) in [6.45, 7) is 2.01. The van der Waals surface area contributed by atoms with Crippen molar-refractivity contribution in [2.75, 3.05) is 5.32 Å². The molecule has 1 amide bonds. The van der Waals surface area contributed by atoms with Crippen molar-refractivity contribution in [2.45, 2.75) is 19.8 Å². The van der Waals surface area contributed by atoms with Gasteiger partial charge in [0.15, 0.2) is 5.75 Å². The second-order valence-electron chi connectivity index (χ2n) is 6.71. The second-order valence-corrected chi connectivity index (χ2v) is 6.71. The van der Waals surface area contributed by atoms with Crippen LogP contribution < -0.4 is 10.1 Å². The number of carbonyl (C=O) groups excluding carboxylic acids is 1. The minimum atomic E-state index is -0.170. The molecule has 0 aliphatic heterocycles. The van der Waals surface area contributed by atoms with Crippen LogP contribution in [0.3, 0.4) is 0 Å². The second kappa shape index (κ2) is 9.00. The molecule has 0 aliphatic carbocycles. The number of aryl methyl sites for hydroxylation is 2. The van der Waals surface area contributed by atoms with Crippen molar-refractivity contribution in [3.05, 3.63) is 84.5 Å². The summed E-state index contributed by atoms with van der Waals surface area (Å²) in [5, 5.41) is 6.82. The third-order valence-corrected chi connectivity index (χ3v) is 4.36. The molecule has 4 rings (SSSR count). The topological polar surface area (TPSA) is 90.1 Å². The lowest BCUT2D eigenvalue weighted by Gasteiger charge is -2.12. The fourth-order valence-corrected chi connectivity index (χ4v) is 2.79. The molecule has 0 aliphatic rings. The molecule has 0 fully saturated rings. The number of pyridine rings is 1. The number of benzene rings is 2. The Kier molecular flexibility index (Phi) is 5.80. The van der Waals surface area contributed by atoms with Gasteiger partial charge in [0.2, 0.25) is 17.6 Å². The molecule has 0 bridgehead atoms. The summed E-state index contributed by atoms with van der Waals surface area (Å²) < 4.78 is 11.2. The number of rotatable bonds is 7. The van der Waals surface area contributed by atoms with Crippen LogP contribution in [0.2, 0.25) is 0 Å². The Morgan fingerprint density at radius 2 is 1.90 bits per heavy atom. The average Bonchev–Trinajstić information content (AvgIpc) is 3.25. The van der Waals surface area contributed by atoms with Gasteiger partial charge >= 0.3 is 0 Å². The molecule has 0 saturated heterocycles. The van der Waals surface area contributed by atoms with E-state index in [4.69, 9.17) is 9.26 Å². The van der Waals surface area contributed by atoms with Gasteiger partial charge in [0, 0.05) is 30.8 Å². The Morgan fingerprint density at radius 1 is 1.07 bits per heavy atom. The third kappa shape index (κ3) is 4.88. The summed E-state index contributed by atoms with van der Waals surface area (Å²) in [6, 6.07) is 18.7. The van der Waals surface area contributed by atoms with Crippen molar-refractivity contribution in [1.82, 2.24) is 15.1 Å². The van der Waals surface area contributed by atoms with Crippen LogP contribution in [0.25, 0.3) is 11.4 Å². The summed E-state index contributed by atoms with van der Waals surface area (Å²) >= 11 is 0. The summed E-state index contributed by atoms with van der Waals surface area (Å²) in [4.78, 5) is 20.8. The highest BCUT2D eigenvalue weighted by Gasteiger charge is 2.13. The van der Waals surface area contributed by atoms with E-state index in [2.05, 4.69) is 20.4 Å². The predicted octanol–water partition coefficient (Wildman–Crippen LogP) is 4.80. The van der Waals surface area contributed by atoms with Gasteiger partial charge in [-0.15, -0.1) is 0 Å². The highest BCUT2D eigenvalue weighted by molar-refractivity contribution is 5.92. The largest absolute Gasteiger partial charge is 0.455 e. The van der Waals surface area contributed by atoms with Gasteiger partial charge in [-0.3, -0.25) is 9.78 Å². The van der Waals surface area contributed by atoms with Crippen LogP contribution >= 0.6 is 0 Å². The van der Waals surface area contributed by atoms with Crippen molar-refractivity contribution in [2.24, 2.45) is 0 Å². The number of amides is 1. The Bertz CT molecular complexity index is 1120. The molecule has 7 nitrogen and oxygen atoms in total. The number of para-hydroxylation sites is 2. The van der Waals surface area contributed by atoms with Crippen LogP contribution in [0, 0.1) is 6.92 Å². The van der Waals surface area contributed by atoms with E-state index in [0.717, 1.165) is 11.1 Å². The van der Waals surface area contributed by atoms with Crippen LogP contribution in [0.1, 0.15) is 17.9 Å². The Balaban J connectivity index is 1.37. The maximum Gasteiger partial charge on any atom is 0.227 e. The maximum atomic E-state index is 12.4. The number of ether oxygens (including phenoxy) is 1. The van der Waals surface area contributed by atoms with Crippen LogP contribution in [0.4, 0.5) is 5.69 Å². The molecular formula is C23H20N4O3. The van der Waals surface area contributed by atoms with Crippen LogP contribution in [-0.2, 0) is 11.2 Å². The zero-order valence-corrected chi connectivity index (χ0v) is 16.4. The number of hydrogen-bond acceptors (Lipinski definition) is 6. The van der Waals surface area contributed by atoms with Crippen molar-refractivity contribution >= 4 is 11.6 Å². The average molecular weight is 400 g/mol. The molecule has 0 atom stereocenters. The minimum Gasteiger partial charge on any atom is -0.455 e. The SMILES string of the molecule is Cc1ccc(Oc2ccccc2NC(=O)CCc2nc(-c3cccnc3)no2)cc1. The molecule has 4 aromatic rings. The third-order valence-electron chi connectivity index (χ3n) is 4.36. The van der Waals surface area contributed by atoms with Crippen molar-refractivity contribution in [3.8, 4) is 22.9 Å². The molecule has 7 heteroatoms. The highest BCUT2D eigenvalue weighted by atomic mass is 16.5. The normalized spacial score (nSPS) is 10.6. The van der Waals surface area contributed by atoms with Crippen molar-refractivity contribution in [1.29, 1.82) is 0 Å². The molecule has 0 saturated carbocycles. The van der Waals surface area contributed by atoms with Gasteiger partial charge in [-0.1, -0.05) is 35.0 Å². The molecule has 2 heterocycles.